The van der Waals surface area contributed by atoms with E-state index in [9.17, 15) is 23.5 Å². The molecular weight excluding hydrogens is 498 g/mol. The van der Waals surface area contributed by atoms with Gasteiger partial charge < -0.3 is 9.84 Å². The second-order valence-electron chi connectivity index (χ2n) is 15.7. The van der Waals surface area contributed by atoms with Crippen LogP contribution in [0.5, 0.6) is 0 Å². The fraction of sp³-hybridized carbons (Fsp3) is 0.939. The predicted molar refractivity (Wildman–Crippen MR) is 145 cm³/mol. The van der Waals surface area contributed by atoms with Gasteiger partial charge in [0.15, 0.2) is 0 Å². The van der Waals surface area contributed by atoms with Gasteiger partial charge in [0.05, 0.1) is 11.3 Å². The molecular formula is C33H50F2O4. The first kappa shape index (κ1) is 27.9. The summed E-state index contributed by atoms with van der Waals surface area (Å²) in [5.74, 6) is -2.06. The maximum absolute atomic E-state index is 13.8. The zero-order valence-corrected chi connectivity index (χ0v) is 24.7. The largest absolute Gasteiger partial charge is 0.481 e. The third kappa shape index (κ3) is 3.91. The van der Waals surface area contributed by atoms with E-state index in [1.807, 2.05) is 0 Å². The van der Waals surface area contributed by atoms with Crippen LogP contribution in [0, 0.1) is 69.5 Å². The van der Waals surface area contributed by atoms with Gasteiger partial charge in [0, 0.05) is 5.92 Å². The molecule has 13 atom stereocenters. The van der Waals surface area contributed by atoms with Gasteiger partial charge in [0.1, 0.15) is 6.10 Å². The standard InChI is InChI=1S/C33H50F2O4/c1-18-21(17-25(18)32(5,34)35)28(36)39-26-12-15-30(3)22(19(26)2)10-14-31(4)23-11-16-33(29(37)38)13-6-7-24(33)20(23)8-9-27(30)31/h18-27H,6-17H2,1-5H3,(H,37,38). The second-order valence-corrected chi connectivity index (χ2v) is 15.7. The van der Waals surface area contributed by atoms with E-state index in [0.717, 1.165) is 58.3 Å². The summed E-state index contributed by atoms with van der Waals surface area (Å²) >= 11 is 0. The van der Waals surface area contributed by atoms with Crippen LogP contribution in [0.25, 0.3) is 0 Å². The molecule has 0 radical (unpaired) electrons. The molecule has 0 aliphatic heterocycles. The first-order valence-electron chi connectivity index (χ1n) is 16.1. The first-order chi connectivity index (χ1) is 18.2. The number of carboxylic acids is 1. The molecule has 1 N–H and O–H groups in total. The second kappa shape index (κ2) is 9.15. The van der Waals surface area contributed by atoms with Crippen molar-refractivity contribution in [3.8, 4) is 0 Å². The number of ether oxygens (including phenoxy) is 1. The molecule has 0 amide bonds. The number of hydrogen-bond acceptors (Lipinski definition) is 3. The fourth-order valence-electron chi connectivity index (χ4n) is 12.3. The molecule has 6 rings (SSSR count). The van der Waals surface area contributed by atoms with Crippen LogP contribution in [0.2, 0.25) is 0 Å². The molecule has 4 nitrogen and oxygen atoms in total. The van der Waals surface area contributed by atoms with Gasteiger partial charge in [0.25, 0.3) is 0 Å². The smallest absolute Gasteiger partial charge is 0.309 e. The molecule has 0 spiro atoms. The van der Waals surface area contributed by atoms with Gasteiger partial charge >= 0.3 is 11.9 Å². The van der Waals surface area contributed by atoms with Crippen LogP contribution in [-0.4, -0.2) is 29.1 Å². The summed E-state index contributed by atoms with van der Waals surface area (Å²) in [7, 11) is 0. The van der Waals surface area contributed by atoms with Gasteiger partial charge in [-0.2, -0.15) is 0 Å². The summed E-state index contributed by atoms with van der Waals surface area (Å²) in [6, 6.07) is 0. The summed E-state index contributed by atoms with van der Waals surface area (Å²) in [5, 5.41) is 10.2. The molecule has 6 aliphatic rings. The van der Waals surface area contributed by atoms with E-state index in [-0.39, 0.29) is 41.2 Å². The Bertz CT molecular complexity index is 1010. The number of hydrogen-bond donors (Lipinski definition) is 1. The molecule has 0 heterocycles. The van der Waals surface area contributed by atoms with Gasteiger partial charge in [-0.15, -0.1) is 0 Å². The van der Waals surface area contributed by atoms with Crippen LogP contribution in [0.4, 0.5) is 8.78 Å². The Hall–Kier alpha value is -1.20. The number of carboxylic acid groups (broad SMARTS) is 1. The third-order valence-corrected chi connectivity index (χ3v) is 14.5. The molecule has 6 aliphatic carbocycles. The Morgan fingerprint density at radius 3 is 2.18 bits per heavy atom. The quantitative estimate of drug-likeness (QED) is 0.362. The van der Waals surface area contributed by atoms with Crippen LogP contribution in [0.15, 0.2) is 0 Å². The van der Waals surface area contributed by atoms with E-state index >= 15 is 0 Å². The van der Waals surface area contributed by atoms with Crippen molar-refractivity contribution in [3.05, 3.63) is 0 Å². The Morgan fingerprint density at radius 1 is 0.846 bits per heavy atom. The lowest BCUT2D eigenvalue weighted by atomic mass is 9.37. The zero-order chi connectivity index (χ0) is 28.1. The van der Waals surface area contributed by atoms with E-state index in [4.69, 9.17) is 4.74 Å². The van der Waals surface area contributed by atoms with E-state index < -0.39 is 29.1 Å². The number of alkyl halides is 2. The van der Waals surface area contributed by atoms with Crippen LogP contribution in [0.3, 0.4) is 0 Å². The summed E-state index contributed by atoms with van der Waals surface area (Å²) in [6.45, 7) is 10.1. The zero-order valence-electron chi connectivity index (χ0n) is 24.7. The van der Waals surface area contributed by atoms with Crippen LogP contribution in [-0.2, 0) is 14.3 Å². The van der Waals surface area contributed by atoms with Gasteiger partial charge in [-0.05, 0) is 130 Å². The highest BCUT2D eigenvalue weighted by molar-refractivity contribution is 5.76. The number of aliphatic carboxylic acids is 1. The fourth-order valence-corrected chi connectivity index (χ4v) is 12.3. The minimum atomic E-state index is -2.74. The number of fused-ring (bicyclic) bond motifs is 7. The highest BCUT2D eigenvalue weighted by Gasteiger charge is 2.66. The van der Waals surface area contributed by atoms with Crippen molar-refractivity contribution in [1.29, 1.82) is 0 Å². The van der Waals surface area contributed by atoms with Gasteiger partial charge in [-0.25, -0.2) is 8.78 Å². The minimum Gasteiger partial charge on any atom is -0.481 e. The number of carbonyl (C=O) groups is 2. The molecule has 6 fully saturated rings. The number of carbonyl (C=O) groups excluding carboxylic acids is 1. The number of halogens is 2. The van der Waals surface area contributed by atoms with Crippen LogP contribution in [0.1, 0.15) is 112 Å². The summed E-state index contributed by atoms with van der Waals surface area (Å²) < 4.78 is 33.7. The molecule has 0 aromatic carbocycles. The lowest BCUT2D eigenvalue weighted by molar-refractivity contribution is -0.209. The Kier molecular flexibility index (Phi) is 6.56. The maximum atomic E-state index is 13.8. The van der Waals surface area contributed by atoms with E-state index in [1.165, 1.54) is 19.3 Å². The minimum absolute atomic E-state index is 0.117. The Labute approximate surface area is 233 Å². The predicted octanol–water partition coefficient (Wildman–Crippen LogP) is 7.99. The van der Waals surface area contributed by atoms with E-state index in [2.05, 4.69) is 20.8 Å². The van der Waals surface area contributed by atoms with Gasteiger partial charge in [-0.3, -0.25) is 9.59 Å². The van der Waals surface area contributed by atoms with Crippen molar-refractivity contribution in [2.75, 3.05) is 0 Å². The average molecular weight is 549 g/mol. The van der Waals surface area contributed by atoms with Crippen molar-refractivity contribution in [2.24, 2.45) is 69.5 Å². The number of esters is 1. The highest BCUT2D eigenvalue weighted by atomic mass is 19.3. The Morgan fingerprint density at radius 2 is 1.51 bits per heavy atom. The maximum Gasteiger partial charge on any atom is 0.309 e. The van der Waals surface area contributed by atoms with Crippen molar-refractivity contribution in [3.63, 3.8) is 0 Å². The number of rotatable bonds is 4. The van der Waals surface area contributed by atoms with Crippen LogP contribution < -0.4 is 0 Å². The summed E-state index contributed by atoms with van der Waals surface area (Å²) in [4.78, 5) is 25.5. The molecule has 0 aromatic rings. The Balaban J connectivity index is 1.15. The average Bonchev–Trinajstić information content (AvgIpc) is 3.30. The molecule has 6 heteroatoms. The molecule has 39 heavy (non-hydrogen) atoms. The first-order valence-corrected chi connectivity index (χ1v) is 16.1. The summed E-state index contributed by atoms with van der Waals surface area (Å²) in [5.41, 5.74) is -0.00423. The lowest BCUT2D eigenvalue weighted by Gasteiger charge is -2.67. The monoisotopic (exact) mass is 548 g/mol. The SMILES string of the molecule is CC1C(C(=O)OC2CCC3(C)C(CCC4(C)C5CCC6(C(=O)O)CCCC6C5CCC34)C2C)CC1C(C)(F)F. The van der Waals surface area contributed by atoms with Gasteiger partial charge in [-0.1, -0.05) is 34.1 Å². The van der Waals surface area contributed by atoms with E-state index in [0.29, 0.717) is 29.6 Å². The van der Waals surface area contributed by atoms with Crippen LogP contribution >= 0.6 is 0 Å². The topological polar surface area (TPSA) is 63.6 Å². The molecule has 0 bridgehead atoms. The molecule has 13 unspecified atom stereocenters. The van der Waals surface area contributed by atoms with Gasteiger partial charge in [0.2, 0.25) is 5.92 Å². The van der Waals surface area contributed by atoms with Crippen molar-refractivity contribution >= 4 is 11.9 Å². The molecule has 220 valence electrons. The normalized spacial score (nSPS) is 52.9. The van der Waals surface area contributed by atoms with Crippen molar-refractivity contribution < 1.29 is 28.2 Å². The molecule has 0 saturated heterocycles. The molecule has 0 aromatic heterocycles. The van der Waals surface area contributed by atoms with Crippen molar-refractivity contribution in [1.82, 2.24) is 0 Å². The van der Waals surface area contributed by atoms with Crippen molar-refractivity contribution in [2.45, 2.75) is 124 Å². The van der Waals surface area contributed by atoms with E-state index in [1.54, 1.807) is 6.92 Å². The third-order valence-electron chi connectivity index (χ3n) is 14.5. The summed E-state index contributed by atoms with van der Waals surface area (Å²) in [6.07, 6.45) is 11.7. The highest BCUT2D eigenvalue weighted by Crippen LogP contribution is 2.72. The lowest BCUT2D eigenvalue weighted by Crippen LogP contribution is -2.62. The molecule has 6 saturated carbocycles.